The molecule has 5 aliphatic rings. The molecule has 4 saturated carbocycles. The molecule has 0 aliphatic heterocycles. The number of aliphatic hydroxyl groups excluding tert-OH is 1. The van der Waals surface area contributed by atoms with Gasteiger partial charge < -0.3 is 5.11 Å². The first kappa shape index (κ1) is 15.9. The molecule has 24 heavy (non-hydrogen) atoms. The van der Waals surface area contributed by atoms with Crippen LogP contribution in [-0.4, -0.2) is 11.2 Å². The molecule has 1 N–H and O–H groups in total. The van der Waals surface area contributed by atoms with Crippen LogP contribution in [0.5, 0.6) is 0 Å². The van der Waals surface area contributed by atoms with Crippen LogP contribution in [0.3, 0.4) is 0 Å². The molecule has 1 spiro atoms. The Balaban J connectivity index is 1.49. The summed E-state index contributed by atoms with van der Waals surface area (Å²) >= 11 is 0. The van der Waals surface area contributed by atoms with E-state index >= 15 is 0 Å². The van der Waals surface area contributed by atoms with E-state index in [1.165, 1.54) is 57.8 Å². The van der Waals surface area contributed by atoms with Gasteiger partial charge in [0.2, 0.25) is 0 Å². The summed E-state index contributed by atoms with van der Waals surface area (Å²) in [5.74, 6) is 3.85. The molecule has 0 amide bonds. The maximum absolute atomic E-state index is 10.3. The zero-order valence-corrected chi connectivity index (χ0v) is 15.8. The molecule has 0 aromatic heterocycles. The van der Waals surface area contributed by atoms with Crippen molar-refractivity contribution in [2.75, 3.05) is 0 Å². The predicted molar refractivity (Wildman–Crippen MR) is 98.5 cm³/mol. The van der Waals surface area contributed by atoms with Gasteiger partial charge >= 0.3 is 0 Å². The lowest BCUT2D eigenvalue weighted by Crippen LogP contribution is -2.58. The largest absolute Gasteiger partial charge is 0.393 e. The summed E-state index contributed by atoms with van der Waals surface area (Å²) in [5.41, 5.74) is 1.56. The third-order valence-electron chi connectivity index (χ3n) is 10.3. The fourth-order valence-corrected chi connectivity index (χ4v) is 8.86. The molecule has 7 unspecified atom stereocenters. The van der Waals surface area contributed by atoms with Crippen LogP contribution in [-0.2, 0) is 0 Å². The minimum absolute atomic E-state index is 0.0334. The van der Waals surface area contributed by atoms with Crippen molar-refractivity contribution < 1.29 is 5.11 Å². The first-order valence-electron chi connectivity index (χ1n) is 10.8. The molecule has 0 radical (unpaired) electrons. The van der Waals surface area contributed by atoms with Gasteiger partial charge in [0.25, 0.3) is 0 Å². The van der Waals surface area contributed by atoms with Gasteiger partial charge in [-0.1, -0.05) is 26.0 Å². The van der Waals surface area contributed by atoms with Crippen molar-refractivity contribution in [1.29, 1.82) is 0 Å². The quantitative estimate of drug-likeness (QED) is 0.563. The molecule has 0 aromatic carbocycles. The summed E-state index contributed by atoms with van der Waals surface area (Å²) < 4.78 is 0. The Labute approximate surface area is 148 Å². The molecule has 1 heteroatoms. The van der Waals surface area contributed by atoms with E-state index in [0.29, 0.717) is 16.2 Å². The summed E-state index contributed by atoms with van der Waals surface area (Å²) in [4.78, 5) is 0. The van der Waals surface area contributed by atoms with Gasteiger partial charge in [0.15, 0.2) is 0 Å². The number of rotatable bonds is 0. The van der Waals surface area contributed by atoms with Crippen molar-refractivity contribution in [3.63, 3.8) is 0 Å². The number of hydrogen-bond donors (Lipinski definition) is 1. The molecule has 0 aromatic rings. The highest BCUT2D eigenvalue weighted by molar-refractivity contribution is 5.17. The van der Waals surface area contributed by atoms with Crippen molar-refractivity contribution in [3.8, 4) is 0 Å². The molecule has 134 valence electrons. The van der Waals surface area contributed by atoms with Gasteiger partial charge in [0.05, 0.1) is 6.10 Å². The fourth-order valence-electron chi connectivity index (χ4n) is 8.86. The Hall–Kier alpha value is -0.300. The Kier molecular flexibility index (Phi) is 3.39. The van der Waals surface area contributed by atoms with Gasteiger partial charge in [0, 0.05) is 0 Å². The van der Waals surface area contributed by atoms with E-state index in [4.69, 9.17) is 0 Å². The molecule has 0 bridgehead atoms. The molecular formula is C23H36O. The zero-order valence-electron chi connectivity index (χ0n) is 15.8. The maximum Gasteiger partial charge on any atom is 0.0545 e. The van der Waals surface area contributed by atoms with E-state index in [9.17, 15) is 5.11 Å². The standard InChI is InChI=1S/C23H36O/c1-21-12-9-18-19(22(21,2)13-8-17(24)15-21)10-14-23-11-4-3-5-16(23)6-7-20(18)23/h3,5,16-20,24H,4,6-15H2,1-2H3/t16?,17-,18?,19?,20?,21?,22?,23?/m1/s1. The van der Waals surface area contributed by atoms with E-state index < -0.39 is 0 Å². The summed E-state index contributed by atoms with van der Waals surface area (Å²) in [5, 5.41) is 10.3. The monoisotopic (exact) mass is 328 g/mol. The minimum atomic E-state index is -0.0334. The van der Waals surface area contributed by atoms with Crippen molar-refractivity contribution in [1.82, 2.24) is 0 Å². The summed E-state index contributed by atoms with van der Waals surface area (Å²) in [7, 11) is 0. The lowest BCUT2D eigenvalue weighted by atomic mass is 9.40. The lowest BCUT2D eigenvalue weighted by Gasteiger charge is -2.65. The van der Waals surface area contributed by atoms with Crippen LogP contribution in [0.15, 0.2) is 12.2 Å². The highest BCUT2D eigenvalue weighted by Crippen LogP contribution is 2.71. The summed E-state index contributed by atoms with van der Waals surface area (Å²) in [6.45, 7) is 5.15. The van der Waals surface area contributed by atoms with Crippen LogP contribution in [0, 0.1) is 39.9 Å². The van der Waals surface area contributed by atoms with E-state index in [1.54, 1.807) is 0 Å². The third kappa shape index (κ3) is 1.86. The number of hydrogen-bond acceptors (Lipinski definition) is 1. The van der Waals surface area contributed by atoms with Crippen molar-refractivity contribution in [2.24, 2.45) is 39.9 Å². The fraction of sp³-hybridized carbons (Fsp3) is 0.913. The average molecular weight is 329 g/mol. The molecule has 5 rings (SSSR count). The number of fused-ring (bicyclic) bond motifs is 4. The van der Waals surface area contributed by atoms with Crippen molar-refractivity contribution in [3.05, 3.63) is 12.2 Å². The molecule has 0 heterocycles. The van der Waals surface area contributed by atoms with Crippen LogP contribution in [0.4, 0.5) is 0 Å². The predicted octanol–water partition coefficient (Wildman–Crippen LogP) is 5.73. The normalized spacial score (nSPS) is 59.2. The zero-order chi connectivity index (χ0) is 16.6. The molecule has 1 nitrogen and oxygen atoms in total. The minimum Gasteiger partial charge on any atom is -0.393 e. The topological polar surface area (TPSA) is 20.2 Å². The van der Waals surface area contributed by atoms with E-state index in [0.717, 1.165) is 36.5 Å². The van der Waals surface area contributed by atoms with Crippen LogP contribution >= 0.6 is 0 Å². The molecule has 8 atom stereocenters. The second kappa shape index (κ2) is 5.12. The van der Waals surface area contributed by atoms with Gasteiger partial charge in [0.1, 0.15) is 0 Å². The second-order valence-electron chi connectivity index (χ2n) is 10.7. The SMILES string of the molecule is CC12CCC3C4CCC5C=CCCC54CCC3C1(C)CC[C@@H](O)C2. The maximum atomic E-state index is 10.3. The Morgan fingerprint density at radius 2 is 1.75 bits per heavy atom. The second-order valence-corrected chi connectivity index (χ2v) is 10.7. The van der Waals surface area contributed by atoms with E-state index in [2.05, 4.69) is 26.0 Å². The number of aliphatic hydroxyl groups is 1. The van der Waals surface area contributed by atoms with Crippen LogP contribution in [0.25, 0.3) is 0 Å². The van der Waals surface area contributed by atoms with Gasteiger partial charge in [-0.05, 0) is 111 Å². The van der Waals surface area contributed by atoms with E-state index in [1.807, 2.05) is 0 Å². The molecule has 5 aliphatic carbocycles. The average Bonchev–Trinajstić information content (AvgIpc) is 2.96. The van der Waals surface area contributed by atoms with Gasteiger partial charge in [-0.25, -0.2) is 0 Å². The van der Waals surface area contributed by atoms with Crippen LogP contribution in [0.1, 0.15) is 84.5 Å². The molecule has 0 saturated heterocycles. The first-order valence-corrected chi connectivity index (χ1v) is 10.8. The van der Waals surface area contributed by atoms with Gasteiger partial charge in [-0.2, -0.15) is 0 Å². The third-order valence-corrected chi connectivity index (χ3v) is 10.3. The lowest BCUT2D eigenvalue weighted by molar-refractivity contribution is -0.172. The Bertz CT molecular complexity index is 552. The van der Waals surface area contributed by atoms with Crippen molar-refractivity contribution >= 4 is 0 Å². The molecular weight excluding hydrogens is 292 g/mol. The highest BCUT2D eigenvalue weighted by Gasteiger charge is 2.63. The smallest absolute Gasteiger partial charge is 0.0545 e. The Morgan fingerprint density at radius 3 is 2.62 bits per heavy atom. The van der Waals surface area contributed by atoms with Gasteiger partial charge in [-0.15, -0.1) is 0 Å². The number of allylic oxidation sites excluding steroid dienone is 2. The summed E-state index contributed by atoms with van der Waals surface area (Å²) in [6, 6.07) is 0. The first-order chi connectivity index (χ1) is 11.5. The molecule has 4 fully saturated rings. The highest BCUT2D eigenvalue weighted by atomic mass is 16.3. The van der Waals surface area contributed by atoms with E-state index in [-0.39, 0.29) is 6.10 Å². The van der Waals surface area contributed by atoms with Crippen LogP contribution < -0.4 is 0 Å². The van der Waals surface area contributed by atoms with Crippen LogP contribution in [0.2, 0.25) is 0 Å². The summed E-state index contributed by atoms with van der Waals surface area (Å²) in [6.07, 6.45) is 20.0. The van der Waals surface area contributed by atoms with Crippen molar-refractivity contribution in [2.45, 2.75) is 90.6 Å². The van der Waals surface area contributed by atoms with Gasteiger partial charge in [-0.3, -0.25) is 0 Å². The Morgan fingerprint density at radius 1 is 0.875 bits per heavy atom.